The first-order valence-corrected chi connectivity index (χ1v) is 10.4. The standard InChI is InChI=1S/C19H16F6N2O3S/c20-18(21,22)14-10-15(19(23,24)25)12-16(11-14)31(29,30)27-8-6-26(7-9-27)17(28)13-4-2-1-3-5-13/h1-5,10-12H,6-9H2. The summed E-state index contributed by atoms with van der Waals surface area (Å²) in [5.74, 6) is -0.351. The van der Waals surface area contributed by atoms with Crippen molar-refractivity contribution in [3.63, 3.8) is 0 Å². The molecule has 0 unspecified atom stereocenters. The zero-order valence-corrected chi connectivity index (χ0v) is 16.6. The fourth-order valence-electron chi connectivity index (χ4n) is 3.12. The van der Waals surface area contributed by atoms with E-state index in [2.05, 4.69) is 0 Å². The molecule has 0 spiro atoms. The van der Waals surface area contributed by atoms with Crippen LogP contribution in [0.15, 0.2) is 53.4 Å². The molecule has 1 amide bonds. The van der Waals surface area contributed by atoms with Crippen LogP contribution in [0.1, 0.15) is 21.5 Å². The molecule has 0 atom stereocenters. The van der Waals surface area contributed by atoms with Gasteiger partial charge in [-0.2, -0.15) is 30.6 Å². The molecule has 1 heterocycles. The van der Waals surface area contributed by atoms with E-state index in [0.717, 1.165) is 4.31 Å². The van der Waals surface area contributed by atoms with E-state index >= 15 is 0 Å². The Kier molecular flexibility index (Phi) is 6.07. The van der Waals surface area contributed by atoms with E-state index in [1.54, 1.807) is 30.3 Å². The minimum Gasteiger partial charge on any atom is -0.336 e. The van der Waals surface area contributed by atoms with Gasteiger partial charge in [0, 0.05) is 31.7 Å². The summed E-state index contributed by atoms with van der Waals surface area (Å²) in [6.07, 6.45) is -10.3. The molecule has 0 aliphatic carbocycles. The number of rotatable bonds is 3. The number of alkyl halides is 6. The lowest BCUT2D eigenvalue weighted by atomic mass is 10.1. The van der Waals surface area contributed by atoms with Crippen molar-refractivity contribution in [2.75, 3.05) is 26.2 Å². The maximum Gasteiger partial charge on any atom is 0.416 e. The molecule has 168 valence electrons. The van der Waals surface area contributed by atoms with E-state index < -0.39 is 38.4 Å². The summed E-state index contributed by atoms with van der Waals surface area (Å²) >= 11 is 0. The van der Waals surface area contributed by atoms with E-state index in [4.69, 9.17) is 0 Å². The Labute approximate surface area is 173 Å². The van der Waals surface area contributed by atoms with Crippen LogP contribution < -0.4 is 0 Å². The van der Waals surface area contributed by atoms with Crippen LogP contribution in [0.2, 0.25) is 0 Å². The van der Waals surface area contributed by atoms with Crippen LogP contribution in [0.5, 0.6) is 0 Å². The SMILES string of the molecule is O=C(c1ccccc1)N1CCN(S(=O)(=O)c2cc(C(F)(F)F)cc(C(F)(F)F)c2)CC1. The van der Waals surface area contributed by atoms with Gasteiger partial charge in [0.2, 0.25) is 10.0 Å². The first-order chi connectivity index (χ1) is 14.3. The molecule has 1 fully saturated rings. The van der Waals surface area contributed by atoms with Gasteiger partial charge >= 0.3 is 12.4 Å². The highest BCUT2D eigenvalue weighted by Crippen LogP contribution is 2.37. The van der Waals surface area contributed by atoms with Gasteiger partial charge in [-0.25, -0.2) is 8.42 Å². The molecule has 2 aromatic rings. The number of hydrogen-bond donors (Lipinski definition) is 0. The van der Waals surface area contributed by atoms with Gasteiger partial charge in [-0.15, -0.1) is 0 Å². The zero-order valence-electron chi connectivity index (χ0n) is 15.7. The number of piperazine rings is 1. The second-order valence-corrected chi connectivity index (χ2v) is 8.74. The van der Waals surface area contributed by atoms with Crippen molar-refractivity contribution in [1.82, 2.24) is 9.21 Å². The smallest absolute Gasteiger partial charge is 0.336 e. The molecule has 5 nitrogen and oxygen atoms in total. The molecule has 1 aliphatic rings. The average Bonchev–Trinajstić information content (AvgIpc) is 2.72. The highest BCUT2D eigenvalue weighted by molar-refractivity contribution is 7.89. The number of benzene rings is 2. The van der Waals surface area contributed by atoms with Crippen LogP contribution in [-0.2, 0) is 22.4 Å². The molecular weight excluding hydrogens is 450 g/mol. The van der Waals surface area contributed by atoms with Crippen molar-refractivity contribution in [3.8, 4) is 0 Å². The topological polar surface area (TPSA) is 57.7 Å². The van der Waals surface area contributed by atoms with Crippen molar-refractivity contribution in [1.29, 1.82) is 0 Å². The molecule has 0 radical (unpaired) electrons. The molecule has 31 heavy (non-hydrogen) atoms. The van der Waals surface area contributed by atoms with Gasteiger partial charge in [-0.1, -0.05) is 18.2 Å². The first-order valence-electron chi connectivity index (χ1n) is 8.94. The summed E-state index contributed by atoms with van der Waals surface area (Å²) in [5, 5.41) is 0. The summed E-state index contributed by atoms with van der Waals surface area (Å²) in [4.78, 5) is 12.7. The molecule has 12 heteroatoms. The molecule has 3 rings (SSSR count). The Bertz CT molecular complexity index is 1030. The number of sulfonamides is 1. The highest BCUT2D eigenvalue weighted by Gasteiger charge is 2.39. The maximum absolute atomic E-state index is 13.0. The lowest BCUT2D eigenvalue weighted by Crippen LogP contribution is -2.50. The molecule has 1 saturated heterocycles. The third kappa shape index (κ3) is 5.01. The van der Waals surface area contributed by atoms with E-state index in [9.17, 15) is 39.6 Å². The van der Waals surface area contributed by atoms with Gasteiger partial charge in [0.25, 0.3) is 5.91 Å². The number of hydrogen-bond acceptors (Lipinski definition) is 3. The Hall–Kier alpha value is -2.60. The van der Waals surface area contributed by atoms with Gasteiger partial charge in [-0.3, -0.25) is 4.79 Å². The second kappa shape index (κ2) is 8.15. The summed E-state index contributed by atoms with van der Waals surface area (Å²) in [5.41, 5.74) is -3.04. The molecule has 1 aliphatic heterocycles. The molecule has 0 N–H and O–H groups in total. The third-order valence-corrected chi connectivity index (χ3v) is 6.62. The summed E-state index contributed by atoms with van der Waals surface area (Å²) < 4.78 is 105. The fraction of sp³-hybridized carbons (Fsp3) is 0.316. The lowest BCUT2D eigenvalue weighted by molar-refractivity contribution is -0.143. The van der Waals surface area contributed by atoms with Gasteiger partial charge in [0.15, 0.2) is 0 Å². The number of nitrogens with zero attached hydrogens (tertiary/aromatic N) is 2. The fourth-order valence-corrected chi connectivity index (χ4v) is 4.61. The minimum atomic E-state index is -5.16. The highest BCUT2D eigenvalue weighted by atomic mass is 32.2. The first kappa shape index (κ1) is 23.1. The Morgan fingerprint density at radius 2 is 1.26 bits per heavy atom. The van der Waals surface area contributed by atoms with Crippen LogP contribution >= 0.6 is 0 Å². The Balaban J connectivity index is 1.85. The largest absolute Gasteiger partial charge is 0.416 e. The zero-order chi connectivity index (χ0) is 23.0. The van der Waals surface area contributed by atoms with E-state index in [1.807, 2.05) is 0 Å². The van der Waals surface area contributed by atoms with Crippen LogP contribution in [0.25, 0.3) is 0 Å². The van der Waals surface area contributed by atoms with Crippen molar-refractivity contribution >= 4 is 15.9 Å². The lowest BCUT2D eigenvalue weighted by Gasteiger charge is -2.34. The Morgan fingerprint density at radius 3 is 1.71 bits per heavy atom. The molecule has 0 aromatic heterocycles. The predicted molar refractivity (Wildman–Crippen MR) is 97.6 cm³/mol. The van der Waals surface area contributed by atoms with E-state index in [-0.39, 0.29) is 50.3 Å². The predicted octanol–water partition coefficient (Wildman–Crippen LogP) is 3.87. The summed E-state index contributed by atoms with van der Waals surface area (Å²) in [7, 11) is -4.65. The number of carbonyl (C=O) groups excluding carboxylic acids is 1. The second-order valence-electron chi connectivity index (χ2n) is 6.80. The quantitative estimate of drug-likeness (QED) is 0.646. The van der Waals surface area contributed by atoms with E-state index in [0.29, 0.717) is 5.56 Å². The van der Waals surface area contributed by atoms with Crippen LogP contribution in [0, 0.1) is 0 Å². The molecule has 0 bridgehead atoms. The third-order valence-electron chi connectivity index (χ3n) is 4.75. The van der Waals surface area contributed by atoms with Crippen molar-refractivity contribution in [2.45, 2.75) is 17.2 Å². The Morgan fingerprint density at radius 1 is 0.774 bits per heavy atom. The number of amides is 1. The summed E-state index contributed by atoms with van der Waals surface area (Å²) in [6.45, 7) is -0.646. The van der Waals surface area contributed by atoms with Crippen LogP contribution in [-0.4, -0.2) is 49.7 Å². The van der Waals surface area contributed by atoms with Crippen molar-refractivity contribution in [2.24, 2.45) is 0 Å². The summed E-state index contributed by atoms with van der Waals surface area (Å²) in [6, 6.07) is 8.42. The monoisotopic (exact) mass is 466 g/mol. The van der Waals surface area contributed by atoms with Crippen molar-refractivity contribution < 1.29 is 39.6 Å². The number of halogens is 6. The maximum atomic E-state index is 13.0. The van der Waals surface area contributed by atoms with Crippen molar-refractivity contribution in [3.05, 3.63) is 65.2 Å². The van der Waals surface area contributed by atoms with Crippen LogP contribution in [0.4, 0.5) is 26.3 Å². The van der Waals surface area contributed by atoms with Crippen LogP contribution in [0.3, 0.4) is 0 Å². The van der Waals surface area contributed by atoms with E-state index in [1.165, 1.54) is 4.90 Å². The average molecular weight is 466 g/mol. The van der Waals surface area contributed by atoms with Gasteiger partial charge < -0.3 is 4.90 Å². The molecule has 2 aromatic carbocycles. The van der Waals surface area contributed by atoms with Gasteiger partial charge in [0.05, 0.1) is 16.0 Å². The van der Waals surface area contributed by atoms with Gasteiger partial charge in [0.1, 0.15) is 0 Å². The van der Waals surface area contributed by atoms with Gasteiger partial charge in [-0.05, 0) is 30.3 Å². The number of carbonyl (C=O) groups is 1. The molecular formula is C19H16F6N2O3S. The normalized spacial score (nSPS) is 16.4. The molecule has 0 saturated carbocycles. The minimum absolute atomic E-state index is 0.0575.